The molecule has 0 aromatic carbocycles. The van der Waals surface area contributed by atoms with Gasteiger partial charge in [0.25, 0.3) is 0 Å². The molecular weight excluding hydrogens is 230 g/mol. The van der Waals surface area contributed by atoms with Crippen molar-refractivity contribution in [2.45, 2.75) is 64.5 Å². The first-order chi connectivity index (χ1) is 8.27. The van der Waals surface area contributed by atoms with Crippen LogP contribution < -0.4 is 5.73 Å². The van der Waals surface area contributed by atoms with Gasteiger partial charge in [-0.25, -0.2) is 0 Å². The first-order valence-electron chi connectivity index (χ1n) is 6.76. The molecule has 1 unspecified atom stereocenters. The van der Waals surface area contributed by atoms with E-state index in [1.165, 1.54) is 20.0 Å². The summed E-state index contributed by atoms with van der Waals surface area (Å²) >= 11 is 0. The molecule has 1 aliphatic carbocycles. The molecule has 18 heavy (non-hydrogen) atoms. The van der Waals surface area contributed by atoms with Gasteiger partial charge in [-0.1, -0.05) is 13.8 Å². The quantitative estimate of drug-likeness (QED) is 0.767. The van der Waals surface area contributed by atoms with E-state index in [9.17, 15) is 4.79 Å². The number of nitrogens with two attached hydrogens (primary N) is 1. The predicted octanol–water partition coefficient (Wildman–Crippen LogP) is 2.25. The molecule has 1 rings (SSSR count). The number of rotatable bonds is 5. The van der Waals surface area contributed by atoms with Crippen LogP contribution in [0.2, 0.25) is 0 Å². The van der Waals surface area contributed by atoms with E-state index in [1.54, 1.807) is 6.92 Å². The lowest BCUT2D eigenvalue weighted by Gasteiger charge is -2.34. The van der Waals surface area contributed by atoms with E-state index in [1.807, 2.05) is 0 Å². The molecule has 4 nitrogen and oxygen atoms in total. The van der Waals surface area contributed by atoms with E-state index in [-0.39, 0.29) is 5.97 Å². The summed E-state index contributed by atoms with van der Waals surface area (Å²) in [6.07, 6.45) is 5.44. The molecule has 1 fully saturated rings. The Bertz CT molecular complexity index is 277. The summed E-state index contributed by atoms with van der Waals surface area (Å²) in [5.41, 5.74) is 5.39. The Morgan fingerprint density at radius 1 is 1.39 bits per heavy atom. The zero-order valence-corrected chi connectivity index (χ0v) is 12.1. The fourth-order valence-electron chi connectivity index (χ4n) is 2.31. The second-order valence-electron chi connectivity index (χ2n) is 6.39. The first-order valence-corrected chi connectivity index (χ1v) is 6.76. The standard InChI is InChI=1S/C14H27NO3/c1-13(2)7-5-11(6-8-13)18-10-9-14(3,15)12(16)17-4/h11H,5-10,15H2,1-4H3. The van der Waals surface area contributed by atoms with Crippen molar-refractivity contribution >= 4 is 5.97 Å². The van der Waals surface area contributed by atoms with E-state index in [2.05, 4.69) is 18.6 Å². The van der Waals surface area contributed by atoms with E-state index in [0.717, 1.165) is 12.8 Å². The Balaban J connectivity index is 2.25. The third-order valence-corrected chi connectivity index (χ3v) is 3.91. The Hall–Kier alpha value is -0.610. The zero-order chi connectivity index (χ0) is 13.8. The van der Waals surface area contributed by atoms with Crippen molar-refractivity contribution in [3.8, 4) is 0 Å². The second-order valence-corrected chi connectivity index (χ2v) is 6.39. The van der Waals surface area contributed by atoms with Crippen molar-refractivity contribution in [2.75, 3.05) is 13.7 Å². The summed E-state index contributed by atoms with van der Waals surface area (Å²) in [5, 5.41) is 0. The molecule has 0 amide bonds. The SMILES string of the molecule is COC(=O)C(C)(N)CCOC1CCC(C)(C)CC1. The van der Waals surface area contributed by atoms with Crippen LogP contribution in [-0.2, 0) is 14.3 Å². The van der Waals surface area contributed by atoms with Gasteiger partial charge in [0.15, 0.2) is 0 Å². The number of carbonyl (C=O) groups is 1. The van der Waals surface area contributed by atoms with Gasteiger partial charge in [0.2, 0.25) is 0 Å². The molecule has 0 aromatic rings. The van der Waals surface area contributed by atoms with Crippen LogP contribution in [0, 0.1) is 5.41 Å². The second kappa shape index (κ2) is 6.02. The lowest BCUT2D eigenvalue weighted by Crippen LogP contribution is -2.46. The number of ether oxygens (including phenoxy) is 2. The predicted molar refractivity (Wildman–Crippen MR) is 71.2 cm³/mol. The molecule has 0 aromatic heterocycles. The number of carbonyl (C=O) groups excluding carboxylic acids is 1. The average molecular weight is 257 g/mol. The van der Waals surface area contributed by atoms with Gasteiger partial charge in [0.05, 0.1) is 13.2 Å². The maximum absolute atomic E-state index is 11.4. The van der Waals surface area contributed by atoms with Crippen molar-refractivity contribution in [1.82, 2.24) is 0 Å². The van der Waals surface area contributed by atoms with Crippen molar-refractivity contribution in [3.63, 3.8) is 0 Å². The molecule has 0 radical (unpaired) electrons. The summed E-state index contributed by atoms with van der Waals surface area (Å²) in [7, 11) is 1.36. The summed E-state index contributed by atoms with van der Waals surface area (Å²) in [6, 6.07) is 0. The van der Waals surface area contributed by atoms with Gasteiger partial charge in [-0.2, -0.15) is 0 Å². The van der Waals surface area contributed by atoms with Crippen molar-refractivity contribution in [3.05, 3.63) is 0 Å². The Kier molecular flexibility index (Phi) is 5.17. The van der Waals surface area contributed by atoms with E-state index >= 15 is 0 Å². The molecule has 1 saturated carbocycles. The van der Waals surface area contributed by atoms with E-state index < -0.39 is 5.54 Å². The summed E-state index contributed by atoms with van der Waals surface area (Å²) in [4.78, 5) is 11.4. The fourth-order valence-corrected chi connectivity index (χ4v) is 2.31. The summed E-state index contributed by atoms with van der Waals surface area (Å²) < 4.78 is 10.5. The minimum Gasteiger partial charge on any atom is -0.468 e. The molecule has 0 spiro atoms. The maximum atomic E-state index is 11.4. The fraction of sp³-hybridized carbons (Fsp3) is 0.929. The molecule has 0 bridgehead atoms. The number of hydrogen-bond acceptors (Lipinski definition) is 4. The van der Waals surface area contributed by atoms with Gasteiger partial charge in [-0.3, -0.25) is 4.79 Å². The summed E-state index contributed by atoms with van der Waals surface area (Å²) in [5.74, 6) is -0.379. The lowest BCUT2D eigenvalue weighted by atomic mass is 9.76. The number of esters is 1. The smallest absolute Gasteiger partial charge is 0.325 e. The Morgan fingerprint density at radius 3 is 2.44 bits per heavy atom. The highest BCUT2D eigenvalue weighted by Crippen LogP contribution is 2.36. The van der Waals surface area contributed by atoms with E-state index in [4.69, 9.17) is 10.5 Å². The highest BCUT2D eigenvalue weighted by atomic mass is 16.5. The minimum absolute atomic E-state index is 0.325. The largest absolute Gasteiger partial charge is 0.468 e. The lowest BCUT2D eigenvalue weighted by molar-refractivity contribution is -0.147. The van der Waals surface area contributed by atoms with Crippen molar-refractivity contribution in [1.29, 1.82) is 0 Å². The average Bonchev–Trinajstić information content (AvgIpc) is 2.30. The molecule has 1 atom stereocenters. The van der Waals surface area contributed by atoms with Crippen molar-refractivity contribution in [2.24, 2.45) is 11.1 Å². The van der Waals surface area contributed by atoms with Crippen molar-refractivity contribution < 1.29 is 14.3 Å². The van der Waals surface area contributed by atoms with Gasteiger partial charge in [0.1, 0.15) is 5.54 Å². The van der Waals surface area contributed by atoms with Crippen LogP contribution in [0.1, 0.15) is 52.9 Å². The van der Waals surface area contributed by atoms with Gasteiger partial charge in [-0.05, 0) is 44.4 Å². The van der Waals surface area contributed by atoms with Crippen LogP contribution in [0.3, 0.4) is 0 Å². The number of hydrogen-bond donors (Lipinski definition) is 1. The Morgan fingerprint density at radius 2 is 1.94 bits per heavy atom. The molecule has 4 heteroatoms. The van der Waals surface area contributed by atoms with Gasteiger partial charge >= 0.3 is 5.97 Å². The maximum Gasteiger partial charge on any atom is 0.325 e. The normalized spacial score (nSPS) is 23.4. The third-order valence-electron chi connectivity index (χ3n) is 3.91. The molecule has 106 valence electrons. The topological polar surface area (TPSA) is 61.5 Å². The van der Waals surface area contributed by atoms with Gasteiger partial charge < -0.3 is 15.2 Å². The monoisotopic (exact) mass is 257 g/mol. The molecular formula is C14H27NO3. The highest BCUT2D eigenvalue weighted by Gasteiger charge is 2.31. The molecule has 2 N–H and O–H groups in total. The number of methoxy groups -OCH3 is 1. The first kappa shape index (κ1) is 15.4. The Labute approximate surface area is 110 Å². The van der Waals surface area contributed by atoms with Crippen LogP contribution >= 0.6 is 0 Å². The summed E-state index contributed by atoms with van der Waals surface area (Å²) in [6.45, 7) is 6.81. The van der Waals surface area contributed by atoms with Crippen LogP contribution in [0.5, 0.6) is 0 Å². The van der Waals surface area contributed by atoms with Gasteiger partial charge in [0, 0.05) is 6.61 Å². The minimum atomic E-state index is -0.942. The third kappa shape index (κ3) is 4.58. The van der Waals surface area contributed by atoms with Gasteiger partial charge in [-0.15, -0.1) is 0 Å². The van der Waals surface area contributed by atoms with Crippen LogP contribution in [0.25, 0.3) is 0 Å². The molecule has 0 aliphatic heterocycles. The molecule has 0 saturated heterocycles. The molecule has 0 heterocycles. The molecule has 1 aliphatic rings. The van der Waals surface area contributed by atoms with Crippen LogP contribution in [0.4, 0.5) is 0 Å². The van der Waals surface area contributed by atoms with Crippen LogP contribution in [0.15, 0.2) is 0 Å². The van der Waals surface area contributed by atoms with Crippen LogP contribution in [-0.4, -0.2) is 31.3 Å². The van der Waals surface area contributed by atoms with E-state index in [0.29, 0.717) is 24.5 Å². The highest BCUT2D eigenvalue weighted by molar-refractivity contribution is 5.79. The zero-order valence-electron chi connectivity index (χ0n) is 12.1.